The quantitative estimate of drug-likeness (QED) is 0.729. The highest BCUT2D eigenvalue weighted by molar-refractivity contribution is 7.13. The highest BCUT2D eigenvalue weighted by atomic mass is 32.1. The molecule has 0 aromatic carbocycles. The molecule has 0 aliphatic carbocycles. The zero-order chi connectivity index (χ0) is 10.8. The molecule has 78 valence electrons. The Labute approximate surface area is 91.1 Å². The van der Waals surface area contributed by atoms with Crippen LogP contribution < -0.4 is 0 Å². The maximum atomic E-state index is 11.5. The van der Waals surface area contributed by atoms with Crippen molar-refractivity contribution < 1.29 is 9.53 Å². The standard InChI is InChI=1S/C10H10N2O2S/c1-12-9(8-4-3-5-15-8)7(6-11-12)10(13)14-2/h3-6H,1-2H3. The molecule has 2 aromatic rings. The van der Waals surface area contributed by atoms with Crippen LogP contribution in [0, 0.1) is 0 Å². The molecule has 0 saturated carbocycles. The van der Waals surface area contributed by atoms with E-state index in [1.54, 1.807) is 16.0 Å². The van der Waals surface area contributed by atoms with Crippen molar-refractivity contribution in [2.45, 2.75) is 0 Å². The van der Waals surface area contributed by atoms with E-state index in [2.05, 4.69) is 5.10 Å². The monoisotopic (exact) mass is 222 g/mol. The Morgan fingerprint density at radius 3 is 3.00 bits per heavy atom. The molecule has 0 atom stereocenters. The number of hydrogen-bond donors (Lipinski definition) is 0. The molecule has 2 heterocycles. The Bertz CT molecular complexity index is 474. The summed E-state index contributed by atoms with van der Waals surface area (Å²) in [7, 11) is 3.18. The molecule has 0 bridgehead atoms. The molecule has 15 heavy (non-hydrogen) atoms. The zero-order valence-corrected chi connectivity index (χ0v) is 9.25. The van der Waals surface area contributed by atoms with Crippen LogP contribution in [0.4, 0.5) is 0 Å². The van der Waals surface area contributed by atoms with Crippen LogP contribution in [-0.4, -0.2) is 22.9 Å². The van der Waals surface area contributed by atoms with E-state index in [0.29, 0.717) is 5.56 Å². The molecule has 0 amide bonds. The van der Waals surface area contributed by atoms with Crippen LogP contribution in [0.3, 0.4) is 0 Å². The first-order chi connectivity index (χ1) is 7.24. The topological polar surface area (TPSA) is 44.1 Å². The molecule has 2 aromatic heterocycles. The van der Waals surface area contributed by atoms with Crippen LogP contribution in [-0.2, 0) is 11.8 Å². The Hall–Kier alpha value is -1.62. The molecular formula is C10H10N2O2S. The minimum atomic E-state index is -0.355. The van der Waals surface area contributed by atoms with Crippen LogP contribution in [0.1, 0.15) is 10.4 Å². The lowest BCUT2D eigenvalue weighted by molar-refractivity contribution is 0.0601. The summed E-state index contributed by atoms with van der Waals surface area (Å²) in [6.45, 7) is 0. The van der Waals surface area contributed by atoms with Crippen LogP contribution in [0.5, 0.6) is 0 Å². The summed E-state index contributed by atoms with van der Waals surface area (Å²) >= 11 is 1.57. The second kappa shape index (κ2) is 3.86. The van der Waals surface area contributed by atoms with Gasteiger partial charge in [-0.25, -0.2) is 4.79 Å². The smallest absolute Gasteiger partial charge is 0.341 e. The van der Waals surface area contributed by atoms with Gasteiger partial charge in [-0.05, 0) is 11.4 Å². The first-order valence-corrected chi connectivity index (χ1v) is 5.26. The minimum absolute atomic E-state index is 0.355. The fraction of sp³-hybridized carbons (Fsp3) is 0.200. The Balaban J connectivity index is 2.55. The average Bonchev–Trinajstić information content (AvgIpc) is 2.85. The van der Waals surface area contributed by atoms with E-state index in [1.165, 1.54) is 13.3 Å². The van der Waals surface area contributed by atoms with Gasteiger partial charge in [0.15, 0.2) is 0 Å². The molecule has 2 rings (SSSR count). The normalized spacial score (nSPS) is 10.3. The van der Waals surface area contributed by atoms with Crippen LogP contribution in [0.15, 0.2) is 23.7 Å². The van der Waals surface area contributed by atoms with E-state index in [4.69, 9.17) is 4.74 Å². The van der Waals surface area contributed by atoms with Crippen molar-refractivity contribution in [2.24, 2.45) is 7.05 Å². The molecule has 0 aliphatic rings. The Morgan fingerprint density at radius 2 is 2.40 bits per heavy atom. The fourth-order valence-corrected chi connectivity index (χ4v) is 2.22. The third-order valence-corrected chi connectivity index (χ3v) is 2.98. The van der Waals surface area contributed by atoms with E-state index in [9.17, 15) is 4.79 Å². The van der Waals surface area contributed by atoms with Crippen molar-refractivity contribution in [3.8, 4) is 10.6 Å². The summed E-state index contributed by atoms with van der Waals surface area (Å²) in [4.78, 5) is 12.5. The lowest BCUT2D eigenvalue weighted by Crippen LogP contribution is -2.02. The molecule has 0 radical (unpaired) electrons. The minimum Gasteiger partial charge on any atom is -0.465 e. The number of aromatic nitrogens is 2. The van der Waals surface area contributed by atoms with Gasteiger partial charge in [-0.1, -0.05) is 6.07 Å². The molecule has 5 heteroatoms. The average molecular weight is 222 g/mol. The Morgan fingerprint density at radius 1 is 1.60 bits per heavy atom. The van der Waals surface area contributed by atoms with Crippen molar-refractivity contribution >= 4 is 17.3 Å². The zero-order valence-electron chi connectivity index (χ0n) is 8.43. The molecule has 0 saturated heterocycles. The first kappa shape index (κ1) is 9.92. The number of nitrogens with zero attached hydrogens (tertiary/aromatic N) is 2. The van der Waals surface area contributed by atoms with Crippen molar-refractivity contribution in [1.82, 2.24) is 9.78 Å². The SMILES string of the molecule is COC(=O)c1cnn(C)c1-c1cccs1. The molecule has 0 aliphatic heterocycles. The number of hydrogen-bond acceptors (Lipinski definition) is 4. The van der Waals surface area contributed by atoms with Gasteiger partial charge in [-0.3, -0.25) is 4.68 Å². The van der Waals surface area contributed by atoms with Crippen molar-refractivity contribution in [1.29, 1.82) is 0 Å². The van der Waals surface area contributed by atoms with Gasteiger partial charge in [-0.15, -0.1) is 11.3 Å². The van der Waals surface area contributed by atoms with E-state index in [-0.39, 0.29) is 5.97 Å². The summed E-state index contributed by atoms with van der Waals surface area (Å²) in [6.07, 6.45) is 1.53. The molecular weight excluding hydrogens is 212 g/mol. The summed E-state index contributed by atoms with van der Waals surface area (Å²) in [5, 5.41) is 6.03. The van der Waals surface area contributed by atoms with Crippen molar-refractivity contribution in [3.63, 3.8) is 0 Å². The number of methoxy groups -OCH3 is 1. The van der Waals surface area contributed by atoms with Crippen LogP contribution in [0.25, 0.3) is 10.6 Å². The number of ether oxygens (including phenoxy) is 1. The molecule has 0 N–H and O–H groups in total. The van der Waals surface area contributed by atoms with E-state index in [0.717, 1.165) is 10.6 Å². The third-order valence-electron chi connectivity index (χ3n) is 2.10. The number of thiophene rings is 1. The Kier molecular flexibility index (Phi) is 2.55. The molecule has 0 unspecified atom stereocenters. The van der Waals surface area contributed by atoms with Gasteiger partial charge >= 0.3 is 5.97 Å². The van der Waals surface area contributed by atoms with Gasteiger partial charge in [0.05, 0.1) is 23.9 Å². The molecule has 0 fully saturated rings. The predicted molar refractivity (Wildman–Crippen MR) is 57.9 cm³/mol. The van der Waals surface area contributed by atoms with E-state index < -0.39 is 0 Å². The van der Waals surface area contributed by atoms with Gasteiger partial charge in [0.2, 0.25) is 0 Å². The van der Waals surface area contributed by atoms with Gasteiger partial charge in [-0.2, -0.15) is 5.10 Å². The third kappa shape index (κ3) is 1.66. The number of aryl methyl sites for hydroxylation is 1. The van der Waals surface area contributed by atoms with Gasteiger partial charge in [0.25, 0.3) is 0 Å². The lowest BCUT2D eigenvalue weighted by atomic mass is 10.2. The van der Waals surface area contributed by atoms with Gasteiger partial charge in [0.1, 0.15) is 5.56 Å². The highest BCUT2D eigenvalue weighted by Crippen LogP contribution is 2.27. The van der Waals surface area contributed by atoms with Gasteiger partial charge in [0, 0.05) is 7.05 Å². The number of carbonyl (C=O) groups excluding carboxylic acids is 1. The summed E-state index contributed by atoms with van der Waals surface area (Å²) in [6, 6.07) is 3.89. The second-order valence-electron chi connectivity index (χ2n) is 3.00. The van der Waals surface area contributed by atoms with E-state index in [1.807, 2.05) is 24.6 Å². The maximum absolute atomic E-state index is 11.5. The number of rotatable bonds is 2. The lowest BCUT2D eigenvalue weighted by Gasteiger charge is -2.01. The fourth-order valence-electron chi connectivity index (χ4n) is 1.40. The largest absolute Gasteiger partial charge is 0.465 e. The summed E-state index contributed by atoms with van der Waals surface area (Å²) < 4.78 is 6.38. The number of esters is 1. The molecule has 0 spiro atoms. The van der Waals surface area contributed by atoms with Crippen LogP contribution >= 0.6 is 11.3 Å². The summed E-state index contributed by atoms with van der Waals surface area (Å²) in [5.41, 5.74) is 1.30. The van der Waals surface area contributed by atoms with E-state index >= 15 is 0 Å². The van der Waals surface area contributed by atoms with Gasteiger partial charge < -0.3 is 4.74 Å². The van der Waals surface area contributed by atoms with Crippen molar-refractivity contribution in [2.75, 3.05) is 7.11 Å². The maximum Gasteiger partial charge on any atom is 0.341 e. The highest BCUT2D eigenvalue weighted by Gasteiger charge is 2.18. The number of carbonyl (C=O) groups is 1. The first-order valence-electron chi connectivity index (χ1n) is 4.38. The molecule has 4 nitrogen and oxygen atoms in total. The van der Waals surface area contributed by atoms with Crippen molar-refractivity contribution in [3.05, 3.63) is 29.3 Å². The predicted octanol–water partition coefficient (Wildman–Crippen LogP) is 1.94. The van der Waals surface area contributed by atoms with Crippen LogP contribution in [0.2, 0.25) is 0 Å². The second-order valence-corrected chi connectivity index (χ2v) is 3.95. The summed E-state index contributed by atoms with van der Waals surface area (Å²) in [5.74, 6) is -0.355.